The molecule has 0 heterocycles. The van der Waals surface area contributed by atoms with Gasteiger partial charge in [0.25, 0.3) is 17.4 Å². The highest BCUT2D eigenvalue weighted by atomic mass is 32.2. The molecule has 2 rings (SSSR count). The van der Waals surface area contributed by atoms with Gasteiger partial charge >= 0.3 is 5.97 Å². The minimum absolute atomic E-state index is 0.0200. The van der Waals surface area contributed by atoms with Crippen LogP contribution in [0.25, 0.3) is 0 Å². The van der Waals surface area contributed by atoms with Gasteiger partial charge in [0.1, 0.15) is 5.69 Å². The second kappa shape index (κ2) is 8.90. The third-order valence-electron chi connectivity index (χ3n) is 3.03. The summed E-state index contributed by atoms with van der Waals surface area (Å²) in [6.07, 6.45) is 0. The van der Waals surface area contributed by atoms with Crippen molar-refractivity contribution in [2.24, 2.45) is 0 Å². The van der Waals surface area contributed by atoms with Gasteiger partial charge in [-0.1, -0.05) is 36.0 Å². The number of nitro benzene ring substituents is 1. The average Bonchev–Trinajstić information content (AvgIpc) is 2.60. The van der Waals surface area contributed by atoms with Gasteiger partial charge in [-0.15, -0.1) is 0 Å². The third kappa shape index (κ3) is 5.24. The molecule has 0 radical (unpaired) electrons. The van der Waals surface area contributed by atoms with Crippen molar-refractivity contribution in [2.75, 3.05) is 11.9 Å². The van der Waals surface area contributed by atoms with Gasteiger partial charge in [0.05, 0.1) is 10.5 Å². The Bertz CT molecular complexity index is 832. The van der Waals surface area contributed by atoms with E-state index in [0.29, 0.717) is 0 Å². The molecular weight excluding hydrogens is 370 g/mol. The lowest BCUT2D eigenvalue weighted by molar-refractivity contribution is -0.383. The first-order valence-corrected chi connectivity index (χ1v) is 8.00. The SMILES string of the molecule is O=C(COC(=O)c1ccccc1SC(F)F)Nc1ccccc1[N+](=O)[O-]. The van der Waals surface area contributed by atoms with Crippen LogP contribution in [0.5, 0.6) is 0 Å². The number of benzene rings is 2. The zero-order valence-corrected chi connectivity index (χ0v) is 13.9. The van der Waals surface area contributed by atoms with Crippen LogP contribution in [0.3, 0.4) is 0 Å². The van der Waals surface area contributed by atoms with E-state index < -0.39 is 29.2 Å². The van der Waals surface area contributed by atoms with E-state index in [1.54, 1.807) is 0 Å². The van der Waals surface area contributed by atoms with Crippen LogP contribution in [0, 0.1) is 10.1 Å². The molecule has 2 aromatic rings. The Hall–Kier alpha value is -3.01. The topological polar surface area (TPSA) is 98.5 Å². The number of halogens is 2. The molecule has 26 heavy (non-hydrogen) atoms. The number of hydrogen-bond acceptors (Lipinski definition) is 6. The minimum Gasteiger partial charge on any atom is -0.452 e. The summed E-state index contributed by atoms with van der Waals surface area (Å²) in [7, 11) is 0. The number of carbonyl (C=O) groups excluding carboxylic acids is 2. The van der Waals surface area contributed by atoms with E-state index in [-0.39, 0.29) is 33.6 Å². The summed E-state index contributed by atoms with van der Waals surface area (Å²) < 4.78 is 29.8. The Morgan fingerprint density at radius 2 is 1.81 bits per heavy atom. The van der Waals surface area contributed by atoms with Crippen LogP contribution in [0.2, 0.25) is 0 Å². The second-order valence-corrected chi connectivity index (χ2v) is 5.81. The summed E-state index contributed by atoms with van der Waals surface area (Å²) in [5, 5.41) is 13.1. The Morgan fingerprint density at radius 3 is 2.50 bits per heavy atom. The fourth-order valence-electron chi connectivity index (χ4n) is 1.97. The van der Waals surface area contributed by atoms with Crippen molar-refractivity contribution >= 4 is 35.0 Å². The van der Waals surface area contributed by atoms with Gasteiger partial charge in [-0.2, -0.15) is 8.78 Å². The minimum atomic E-state index is -2.72. The van der Waals surface area contributed by atoms with Crippen LogP contribution in [-0.4, -0.2) is 29.2 Å². The Balaban J connectivity index is 2.00. The number of alkyl halides is 2. The number of carbonyl (C=O) groups is 2. The van der Waals surface area contributed by atoms with Gasteiger partial charge in [0.15, 0.2) is 6.61 Å². The third-order valence-corrected chi connectivity index (χ3v) is 3.82. The number of rotatable bonds is 7. The number of nitrogens with zero attached hydrogens (tertiary/aromatic N) is 1. The first-order valence-electron chi connectivity index (χ1n) is 7.12. The molecule has 0 aromatic heterocycles. The Morgan fingerprint density at radius 1 is 1.15 bits per heavy atom. The summed E-state index contributed by atoms with van der Waals surface area (Å²) in [6.45, 7) is -0.724. The van der Waals surface area contributed by atoms with Crippen molar-refractivity contribution < 1.29 is 28.0 Å². The molecule has 0 aliphatic carbocycles. The Kier molecular flexibility index (Phi) is 6.61. The molecule has 0 aliphatic heterocycles. The second-order valence-electron chi connectivity index (χ2n) is 4.77. The standard InChI is InChI=1S/C16H12F2N2O5S/c17-16(18)26-13-8-4-1-5-10(13)15(22)25-9-14(21)19-11-6-2-3-7-12(11)20(23)24/h1-8,16H,9H2,(H,19,21). The Labute approximate surface area is 150 Å². The number of para-hydroxylation sites is 2. The molecule has 1 amide bonds. The number of nitrogens with one attached hydrogen (secondary N) is 1. The van der Waals surface area contributed by atoms with E-state index in [4.69, 9.17) is 4.74 Å². The van der Waals surface area contributed by atoms with Crippen LogP contribution in [0.4, 0.5) is 20.2 Å². The zero-order valence-electron chi connectivity index (χ0n) is 13.1. The molecular formula is C16H12F2N2O5S. The van der Waals surface area contributed by atoms with Crippen molar-refractivity contribution in [1.29, 1.82) is 0 Å². The smallest absolute Gasteiger partial charge is 0.339 e. The first-order chi connectivity index (χ1) is 12.4. The van der Waals surface area contributed by atoms with Crippen LogP contribution in [0.15, 0.2) is 53.4 Å². The van der Waals surface area contributed by atoms with Crippen molar-refractivity contribution in [3.8, 4) is 0 Å². The largest absolute Gasteiger partial charge is 0.452 e. The number of anilines is 1. The lowest BCUT2D eigenvalue weighted by Crippen LogP contribution is -2.21. The van der Waals surface area contributed by atoms with Gasteiger partial charge in [-0.3, -0.25) is 14.9 Å². The number of amides is 1. The highest BCUT2D eigenvalue weighted by Gasteiger charge is 2.19. The van der Waals surface area contributed by atoms with Crippen LogP contribution >= 0.6 is 11.8 Å². The van der Waals surface area contributed by atoms with E-state index in [0.717, 1.165) is 0 Å². The monoisotopic (exact) mass is 382 g/mol. The van der Waals surface area contributed by atoms with Crippen molar-refractivity contribution in [3.63, 3.8) is 0 Å². The summed E-state index contributed by atoms with van der Waals surface area (Å²) in [4.78, 5) is 34.1. The number of hydrogen-bond donors (Lipinski definition) is 1. The number of thioether (sulfide) groups is 1. The first kappa shape index (κ1) is 19.3. The maximum absolute atomic E-state index is 12.5. The molecule has 0 aliphatic rings. The van der Waals surface area contributed by atoms with E-state index in [1.807, 2.05) is 0 Å². The van der Waals surface area contributed by atoms with Crippen LogP contribution < -0.4 is 5.32 Å². The number of esters is 1. The normalized spacial score (nSPS) is 10.4. The molecule has 2 aromatic carbocycles. The molecule has 136 valence electrons. The lowest BCUT2D eigenvalue weighted by atomic mass is 10.2. The lowest BCUT2D eigenvalue weighted by Gasteiger charge is -2.09. The summed E-state index contributed by atoms with van der Waals surface area (Å²) in [5.74, 6) is -4.47. The summed E-state index contributed by atoms with van der Waals surface area (Å²) >= 11 is 0.186. The molecule has 0 saturated carbocycles. The fourth-order valence-corrected chi connectivity index (χ4v) is 2.60. The van der Waals surface area contributed by atoms with Crippen molar-refractivity contribution in [3.05, 3.63) is 64.2 Å². The van der Waals surface area contributed by atoms with Crippen molar-refractivity contribution in [1.82, 2.24) is 0 Å². The van der Waals surface area contributed by atoms with E-state index in [2.05, 4.69) is 5.32 Å². The maximum Gasteiger partial charge on any atom is 0.339 e. The zero-order chi connectivity index (χ0) is 19.1. The highest BCUT2D eigenvalue weighted by Crippen LogP contribution is 2.28. The van der Waals surface area contributed by atoms with Gasteiger partial charge in [0.2, 0.25) is 0 Å². The van der Waals surface area contributed by atoms with Crippen molar-refractivity contribution in [2.45, 2.75) is 10.7 Å². The van der Waals surface area contributed by atoms with Crippen LogP contribution in [-0.2, 0) is 9.53 Å². The summed E-state index contributed by atoms with van der Waals surface area (Å²) in [6, 6.07) is 11.1. The molecule has 0 atom stereocenters. The number of ether oxygens (including phenoxy) is 1. The van der Waals surface area contributed by atoms with Gasteiger partial charge < -0.3 is 10.1 Å². The van der Waals surface area contributed by atoms with Gasteiger partial charge in [-0.25, -0.2) is 4.79 Å². The average molecular weight is 382 g/mol. The molecule has 0 unspecified atom stereocenters. The molecule has 0 saturated heterocycles. The quantitative estimate of drug-likeness (QED) is 0.339. The molecule has 10 heteroatoms. The summed E-state index contributed by atoms with van der Waals surface area (Å²) in [5.41, 5.74) is -0.464. The van der Waals surface area contributed by atoms with Gasteiger partial charge in [0, 0.05) is 11.0 Å². The van der Waals surface area contributed by atoms with E-state index >= 15 is 0 Å². The number of nitro groups is 1. The fraction of sp³-hybridized carbons (Fsp3) is 0.125. The van der Waals surface area contributed by atoms with E-state index in [1.165, 1.54) is 48.5 Å². The molecule has 0 bridgehead atoms. The van der Waals surface area contributed by atoms with Crippen LogP contribution in [0.1, 0.15) is 10.4 Å². The van der Waals surface area contributed by atoms with Gasteiger partial charge in [-0.05, 0) is 18.2 Å². The molecule has 0 spiro atoms. The molecule has 7 nitrogen and oxygen atoms in total. The molecule has 0 fully saturated rings. The maximum atomic E-state index is 12.5. The predicted octanol–water partition coefficient (Wildman–Crippen LogP) is 3.71. The highest BCUT2D eigenvalue weighted by molar-refractivity contribution is 7.99. The van der Waals surface area contributed by atoms with E-state index in [9.17, 15) is 28.5 Å². The molecule has 1 N–H and O–H groups in total. The predicted molar refractivity (Wildman–Crippen MR) is 90.3 cm³/mol.